The molecular formula is C17H12N6O4. The number of nitro benzene ring substituents is 2. The molecule has 0 aliphatic heterocycles. The number of rotatable bonds is 6. The molecule has 0 aliphatic rings. The molecule has 1 aromatic heterocycles. The molecule has 3 aromatic rings. The average molecular weight is 364 g/mol. The summed E-state index contributed by atoms with van der Waals surface area (Å²) in [6, 6.07) is 12.0. The van der Waals surface area contributed by atoms with Gasteiger partial charge in [-0.2, -0.15) is 5.10 Å². The van der Waals surface area contributed by atoms with E-state index in [9.17, 15) is 20.2 Å². The molecule has 10 heteroatoms. The van der Waals surface area contributed by atoms with Crippen LogP contribution in [-0.4, -0.2) is 26.0 Å². The number of non-ortho nitro benzene ring substituents is 2. The molecule has 3 rings (SSSR count). The highest BCUT2D eigenvalue weighted by Gasteiger charge is 2.06. The number of hydrogen-bond acceptors (Lipinski definition) is 8. The van der Waals surface area contributed by atoms with Gasteiger partial charge in [0.25, 0.3) is 11.4 Å². The van der Waals surface area contributed by atoms with Gasteiger partial charge in [-0.05, 0) is 35.4 Å². The molecule has 10 nitrogen and oxygen atoms in total. The van der Waals surface area contributed by atoms with Crippen LogP contribution in [0.5, 0.6) is 0 Å². The zero-order valence-electron chi connectivity index (χ0n) is 13.7. The van der Waals surface area contributed by atoms with E-state index in [1.165, 1.54) is 30.5 Å². The first kappa shape index (κ1) is 17.6. The van der Waals surface area contributed by atoms with Crippen LogP contribution < -0.4 is 5.43 Å². The minimum atomic E-state index is -0.473. The quantitative estimate of drug-likeness (QED) is 0.402. The summed E-state index contributed by atoms with van der Waals surface area (Å²) in [6.07, 6.45) is 4.62. The molecule has 0 fully saturated rings. The lowest BCUT2D eigenvalue weighted by molar-refractivity contribution is -0.385. The van der Waals surface area contributed by atoms with E-state index < -0.39 is 9.85 Å². The molecule has 1 N–H and O–H groups in total. The van der Waals surface area contributed by atoms with Gasteiger partial charge < -0.3 is 0 Å². The van der Waals surface area contributed by atoms with Crippen LogP contribution in [0.15, 0.2) is 66.0 Å². The summed E-state index contributed by atoms with van der Waals surface area (Å²) < 4.78 is 0. The molecule has 0 radical (unpaired) electrons. The van der Waals surface area contributed by atoms with Gasteiger partial charge in [-0.15, -0.1) is 0 Å². The van der Waals surface area contributed by atoms with E-state index in [0.717, 1.165) is 5.56 Å². The van der Waals surface area contributed by atoms with Crippen LogP contribution in [0.3, 0.4) is 0 Å². The highest BCUT2D eigenvalue weighted by atomic mass is 16.6. The normalized spacial score (nSPS) is 10.7. The molecule has 0 bridgehead atoms. The van der Waals surface area contributed by atoms with Crippen LogP contribution in [0.2, 0.25) is 0 Å². The first-order valence-corrected chi connectivity index (χ1v) is 7.63. The fourth-order valence-corrected chi connectivity index (χ4v) is 2.16. The maximum Gasteiger partial charge on any atom is 0.269 e. The maximum atomic E-state index is 10.7. The fraction of sp³-hybridized carbons (Fsp3) is 0. The predicted molar refractivity (Wildman–Crippen MR) is 98.4 cm³/mol. The molecule has 0 saturated carbocycles. The van der Waals surface area contributed by atoms with E-state index in [4.69, 9.17) is 0 Å². The molecule has 2 aromatic carbocycles. The van der Waals surface area contributed by atoms with E-state index in [2.05, 4.69) is 20.5 Å². The first-order valence-electron chi connectivity index (χ1n) is 7.63. The number of benzene rings is 2. The SMILES string of the molecule is O=[N+]([O-])c1ccc(C=NNc2ncc(-c3ccc([N+](=O)[O-])cc3)cn2)cc1. The van der Waals surface area contributed by atoms with Crippen LogP contribution in [0.1, 0.15) is 5.56 Å². The number of anilines is 1. The van der Waals surface area contributed by atoms with Crippen molar-refractivity contribution in [3.8, 4) is 11.1 Å². The summed E-state index contributed by atoms with van der Waals surface area (Å²) in [4.78, 5) is 28.6. The van der Waals surface area contributed by atoms with E-state index >= 15 is 0 Å². The zero-order chi connectivity index (χ0) is 19.2. The van der Waals surface area contributed by atoms with Gasteiger partial charge in [0.1, 0.15) is 0 Å². The highest BCUT2D eigenvalue weighted by Crippen LogP contribution is 2.21. The summed E-state index contributed by atoms with van der Waals surface area (Å²) in [5, 5.41) is 25.2. The molecule has 27 heavy (non-hydrogen) atoms. The van der Waals surface area contributed by atoms with Crippen LogP contribution in [0.4, 0.5) is 17.3 Å². The van der Waals surface area contributed by atoms with Gasteiger partial charge in [0.05, 0.1) is 16.1 Å². The Kier molecular flexibility index (Phi) is 5.07. The van der Waals surface area contributed by atoms with E-state index in [1.54, 1.807) is 36.7 Å². The summed E-state index contributed by atoms with van der Waals surface area (Å²) in [7, 11) is 0. The monoisotopic (exact) mass is 364 g/mol. The number of nitrogens with zero attached hydrogens (tertiary/aromatic N) is 5. The molecule has 0 aliphatic carbocycles. The van der Waals surface area contributed by atoms with Crippen molar-refractivity contribution < 1.29 is 9.85 Å². The number of hydrogen-bond donors (Lipinski definition) is 1. The summed E-state index contributed by atoms with van der Waals surface area (Å²) in [5.41, 5.74) is 4.81. The third kappa shape index (κ3) is 4.45. The van der Waals surface area contributed by atoms with E-state index in [0.29, 0.717) is 11.1 Å². The van der Waals surface area contributed by atoms with Gasteiger partial charge in [0.15, 0.2) is 0 Å². The largest absolute Gasteiger partial charge is 0.269 e. The molecule has 0 unspecified atom stereocenters. The minimum Gasteiger partial charge on any atom is -0.258 e. The fourth-order valence-electron chi connectivity index (χ4n) is 2.16. The van der Waals surface area contributed by atoms with Crippen LogP contribution >= 0.6 is 0 Å². The first-order chi connectivity index (χ1) is 13.0. The topological polar surface area (TPSA) is 136 Å². The van der Waals surface area contributed by atoms with Crippen LogP contribution in [-0.2, 0) is 0 Å². The third-order valence-corrected chi connectivity index (χ3v) is 3.55. The summed E-state index contributed by atoms with van der Waals surface area (Å²) >= 11 is 0. The Morgan fingerprint density at radius 1 is 0.815 bits per heavy atom. The molecule has 1 heterocycles. The van der Waals surface area contributed by atoms with Crippen molar-refractivity contribution in [1.29, 1.82) is 0 Å². The van der Waals surface area contributed by atoms with Gasteiger partial charge in [-0.25, -0.2) is 15.4 Å². The lowest BCUT2D eigenvalue weighted by Gasteiger charge is -2.02. The standard InChI is InChI=1S/C17H12N6O4/c24-22(25)15-5-1-12(2-6-15)9-20-21-17-18-10-14(11-19-17)13-3-7-16(8-4-13)23(26)27/h1-11H,(H,18,19,21). The third-order valence-electron chi connectivity index (χ3n) is 3.55. The van der Waals surface area contributed by atoms with Gasteiger partial charge in [-0.1, -0.05) is 0 Å². The summed E-state index contributed by atoms with van der Waals surface area (Å²) in [5.74, 6) is 0.263. The number of hydrazone groups is 1. The number of nitro groups is 2. The highest BCUT2D eigenvalue weighted by molar-refractivity contribution is 5.80. The molecule has 0 amide bonds. The van der Waals surface area contributed by atoms with E-state index in [-0.39, 0.29) is 17.3 Å². The van der Waals surface area contributed by atoms with Crippen molar-refractivity contribution in [3.05, 3.63) is 86.7 Å². The Balaban J connectivity index is 1.63. The molecular weight excluding hydrogens is 352 g/mol. The molecule has 0 atom stereocenters. The number of nitrogens with one attached hydrogen (secondary N) is 1. The Hall–Kier alpha value is -4.21. The van der Waals surface area contributed by atoms with Gasteiger partial charge in [-0.3, -0.25) is 20.2 Å². The van der Waals surface area contributed by atoms with Crippen molar-refractivity contribution in [1.82, 2.24) is 9.97 Å². The van der Waals surface area contributed by atoms with Gasteiger partial charge >= 0.3 is 0 Å². The van der Waals surface area contributed by atoms with Crippen molar-refractivity contribution in [3.63, 3.8) is 0 Å². The van der Waals surface area contributed by atoms with Crippen LogP contribution in [0, 0.1) is 20.2 Å². The number of aromatic nitrogens is 2. The van der Waals surface area contributed by atoms with Gasteiger partial charge in [0.2, 0.25) is 5.95 Å². The van der Waals surface area contributed by atoms with Gasteiger partial charge in [0, 0.05) is 42.2 Å². The average Bonchev–Trinajstić information content (AvgIpc) is 2.69. The lowest BCUT2D eigenvalue weighted by Crippen LogP contribution is -1.97. The van der Waals surface area contributed by atoms with Crippen molar-refractivity contribution in [2.75, 3.05) is 5.43 Å². The van der Waals surface area contributed by atoms with E-state index in [1.807, 2.05) is 0 Å². The Morgan fingerprint density at radius 2 is 1.33 bits per heavy atom. The maximum absolute atomic E-state index is 10.7. The Bertz CT molecular complexity index is 985. The molecule has 0 spiro atoms. The predicted octanol–water partition coefficient (Wildman–Crippen LogP) is 3.41. The lowest BCUT2D eigenvalue weighted by atomic mass is 10.1. The van der Waals surface area contributed by atoms with Crippen molar-refractivity contribution in [2.24, 2.45) is 5.10 Å². The second kappa shape index (κ2) is 7.78. The Morgan fingerprint density at radius 3 is 1.85 bits per heavy atom. The zero-order valence-corrected chi connectivity index (χ0v) is 13.7. The molecule has 134 valence electrons. The van der Waals surface area contributed by atoms with Crippen LogP contribution in [0.25, 0.3) is 11.1 Å². The smallest absolute Gasteiger partial charge is 0.258 e. The van der Waals surface area contributed by atoms with Crippen molar-refractivity contribution >= 4 is 23.5 Å². The Labute approximate surface area is 152 Å². The second-order valence-corrected chi connectivity index (χ2v) is 5.32. The molecule has 0 saturated heterocycles. The second-order valence-electron chi connectivity index (χ2n) is 5.32. The minimum absolute atomic E-state index is 0.00488. The van der Waals surface area contributed by atoms with Crippen molar-refractivity contribution in [2.45, 2.75) is 0 Å². The summed E-state index contributed by atoms with van der Waals surface area (Å²) in [6.45, 7) is 0.